The lowest BCUT2D eigenvalue weighted by Gasteiger charge is -2.06. The Labute approximate surface area is 121 Å². The van der Waals surface area contributed by atoms with Crippen LogP contribution >= 0.6 is 11.6 Å². The molecular formula is C14H12ClN3O2. The van der Waals surface area contributed by atoms with Crippen LogP contribution in [0.1, 0.15) is 21.6 Å². The number of anilines is 1. The molecule has 1 aliphatic heterocycles. The number of carbonyl (C=O) groups is 1. The van der Waals surface area contributed by atoms with Gasteiger partial charge in [-0.1, -0.05) is 11.6 Å². The lowest BCUT2D eigenvalue weighted by atomic mass is 10.1. The molecule has 1 N–H and O–H groups in total. The molecule has 1 amide bonds. The van der Waals surface area contributed by atoms with Crippen molar-refractivity contribution in [1.82, 2.24) is 9.97 Å². The van der Waals surface area contributed by atoms with E-state index in [1.807, 2.05) is 6.07 Å². The summed E-state index contributed by atoms with van der Waals surface area (Å²) in [5, 5.41) is 2.95. The van der Waals surface area contributed by atoms with Gasteiger partial charge in [0.05, 0.1) is 6.61 Å². The van der Waals surface area contributed by atoms with Crippen molar-refractivity contribution in [2.75, 3.05) is 11.9 Å². The maximum atomic E-state index is 12.2. The van der Waals surface area contributed by atoms with E-state index in [2.05, 4.69) is 15.3 Å². The summed E-state index contributed by atoms with van der Waals surface area (Å²) in [7, 11) is 0. The van der Waals surface area contributed by atoms with Gasteiger partial charge in [0, 0.05) is 17.7 Å². The number of hydrogen-bond acceptors (Lipinski definition) is 4. The molecule has 0 spiro atoms. The number of aromatic nitrogens is 2. The smallest absolute Gasteiger partial charge is 0.258 e. The van der Waals surface area contributed by atoms with Crippen LogP contribution in [0.4, 0.5) is 5.95 Å². The zero-order valence-electron chi connectivity index (χ0n) is 10.8. The van der Waals surface area contributed by atoms with Gasteiger partial charge in [-0.2, -0.15) is 0 Å². The summed E-state index contributed by atoms with van der Waals surface area (Å²) in [6, 6.07) is 6.98. The van der Waals surface area contributed by atoms with Gasteiger partial charge in [-0.15, -0.1) is 0 Å². The predicted octanol–water partition coefficient (Wildman–Crippen LogP) is 2.63. The van der Waals surface area contributed by atoms with Crippen LogP contribution in [0, 0.1) is 6.92 Å². The van der Waals surface area contributed by atoms with E-state index < -0.39 is 0 Å². The molecular weight excluding hydrogens is 278 g/mol. The molecule has 1 aromatic carbocycles. The van der Waals surface area contributed by atoms with E-state index in [1.54, 1.807) is 25.1 Å². The molecule has 0 atom stereocenters. The molecule has 20 heavy (non-hydrogen) atoms. The maximum absolute atomic E-state index is 12.2. The number of fused-ring (bicyclic) bond motifs is 1. The Kier molecular flexibility index (Phi) is 3.28. The highest BCUT2D eigenvalue weighted by molar-refractivity contribution is 6.29. The highest BCUT2D eigenvalue weighted by Crippen LogP contribution is 2.26. The molecule has 0 radical (unpaired) electrons. The summed E-state index contributed by atoms with van der Waals surface area (Å²) in [5.41, 5.74) is 2.29. The van der Waals surface area contributed by atoms with Crippen molar-refractivity contribution in [3.8, 4) is 5.75 Å². The number of carbonyl (C=O) groups excluding carboxylic acids is 1. The molecule has 1 aromatic heterocycles. The molecule has 0 bridgehead atoms. The second-order valence-electron chi connectivity index (χ2n) is 4.53. The second kappa shape index (κ2) is 5.09. The monoisotopic (exact) mass is 289 g/mol. The summed E-state index contributed by atoms with van der Waals surface area (Å²) < 4.78 is 5.41. The van der Waals surface area contributed by atoms with Crippen molar-refractivity contribution in [3.05, 3.63) is 46.2 Å². The normalized spacial score (nSPS) is 12.7. The Morgan fingerprint density at radius 1 is 1.35 bits per heavy atom. The molecule has 0 saturated heterocycles. The Morgan fingerprint density at radius 2 is 2.20 bits per heavy atom. The Hall–Kier alpha value is -2.14. The third-order valence-electron chi connectivity index (χ3n) is 3.00. The van der Waals surface area contributed by atoms with Crippen molar-refractivity contribution >= 4 is 23.5 Å². The van der Waals surface area contributed by atoms with Crippen LogP contribution in [0.2, 0.25) is 5.15 Å². The van der Waals surface area contributed by atoms with Gasteiger partial charge in [-0.25, -0.2) is 9.97 Å². The summed E-state index contributed by atoms with van der Waals surface area (Å²) in [6.07, 6.45) is 0.823. The second-order valence-corrected chi connectivity index (χ2v) is 4.92. The van der Waals surface area contributed by atoms with Crippen LogP contribution in [0.3, 0.4) is 0 Å². The number of aryl methyl sites for hydroxylation is 1. The molecule has 0 saturated carbocycles. The van der Waals surface area contributed by atoms with Gasteiger partial charge in [0.15, 0.2) is 0 Å². The Bertz CT molecular complexity index is 668. The lowest BCUT2D eigenvalue weighted by molar-refractivity contribution is 0.102. The van der Waals surface area contributed by atoms with Crippen molar-refractivity contribution < 1.29 is 9.53 Å². The highest BCUT2D eigenvalue weighted by atomic mass is 35.5. The maximum Gasteiger partial charge on any atom is 0.258 e. The fourth-order valence-corrected chi connectivity index (χ4v) is 2.33. The number of rotatable bonds is 2. The third kappa shape index (κ3) is 2.58. The molecule has 0 unspecified atom stereocenters. The van der Waals surface area contributed by atoms with Gasteiger partial charge < -0.3 is 4.74 Å². The molecule has 1 aliphatic rings. The van der Waals surface area contributed by atoms with Crippen LogP contribution in [-0.2, 0) is 6.42 Å². The standard InChI is InChI=1S/C14H12ClN3O2/c1-8-6-12(15)17-14(16-8)18-13(19)10-2-3-11-9(7-10)4-5-20-11/h2-3,6-7H,4-5H2,1H3,(H,16,17,18,19). The quantitative estimate of drug-likeness (QED) is 0.863. The van der Waals surface area contributed by atoms with E-state index in [9.17, 15) is 4.79 Å². The molecule has 2 aromatic rings. The minimum absolute atomic E-state index is 0.205. The van der Waals surface area contributed by atoms with Crippen LogP contribution in [0.15, 0.2) is 24.3 Å². The number of benzene rings is 1. The summed E-state index contributed by atoms with van der Waals surface area (Å²) in [6.45, 7) is 2.45. The minimum Gasteiger partial charge on any atom is -0.493 e. The number of nitrogens with one attached hydrogen (secondary N) is 1. The van der Waals surface area contributed by atoms with Gasteiger partial charge in [0.1, 0.15) is 10.9 Å². The molecule has 6 heteroatoms. The topological polar surface area (TPSA) is 64.1 Å². The SMILES string of the molecule is Cc1cc(Cl)nc(NC(=O)c2ccc3c(c2)CCO3)n1. The Balaban J connectivity index is 1.82. The van der Waals surface area contributed by atoms with Crippen molar-refractivity contribution in [2.45, 2.75) is 13.3 Å². The molecule has 102 valence electrons. The zero-order chi connectivity index (χ0) is 14.1. The number of halogens is 1. The first-order valence-electron chi connectivity index (χ1n) is 6.20. The van der Waals surface area contributed by atoms with Gasteiger partial charge in [0.25, 0.3) is 5.91 Å². The van der Waals surface area contributed by atoms with E-state index >= 15 is 0 Å². The molecule has 0 aliphatic carbocycles. The molecule has 0 fully saturated rings. The predicted molar refractivity (Wildman–Crippen MR) is 75.4 cm³/mol. The fraction of sp³-hybridized carbons (Fsp3) is 0.214. The van der Waals surface area contributed by atoms with Gasteiger partial charge >= 0.3 is 0 Å². The van der Waals surface area contributed by atoms with Gasteiger partial charge in [-0.05, 0) is 36.8 Å². The third-order valence-corrected chi connectivity index (χ3v) is 3.19. The van der Waals surface area contributed by atoms with Crippen molar-refractivity contribution in [1.29, 1.82) is 0 Å². The first kappa shape index (κ1) is 12.9. The fourth-order valence-electron chi connectivity index (χ4n) is 2.09. The zero-order valence-corrected chi connectivity index (χ0v) is 11.6. The summed E-state index contributed by atoms with van der Waals surface area (Å²) in [5.74, 6) is 0.787. The van der Waals surface area contributed by atoms with E-state index in [4.69, 9.17) is 16.3 Å². The van der Waals surface area contributed by atoms with Crippen LogP contribution in [0.25, 0.3) is 0 Å². The van der Waals surface area contributed by atoms with E-state index in [-0.39, 0.29) is 11.9 Å². The van der Waals surface area contributed by atoms with E-state index in [0.717, 1.165) is 17.7 Å². The molecule has 5 nitrogen and oxygen atoms in total. The van der Waals surface area contributed by atoms with Crippen LogP contribution < -0.4 is 10.1 Å². The minimum atomic E-state index is -0.263. The number of nitrogens with zero attached hydrogens (tertiary/aromatic N) is 2. The number of amides is 1. The average molecular weight is 290 g/mol. The highest BCUT2D eigenvalue weighted by Gasteiger charge is 2.15. The van der Waals surface area contributed by atoms with Gasteiger partial charge in [-0.3, -0.25) is 10.1 Å². The molecule has 2 heterocycles. The Morgan fingerprint density at radius 3 is 3.00 bits per heavy atom. The van der Waals surface area contributed by atoms with Crippen molar-refractivity contribution in [2.24, 2.45) is 0 Å². The summed E-state index contributed by atoms with van der Waals surface area (Å²) in [4.78, 5) is 20.3. The van der Waals surface area contributed by atoms with Crippen molar-refractivity contribution in [3.63, 3.8) is 0 Å². The van der Waals surface area contributed by atoms with E-state index in [1.165, 1.54) is 0 Å². The van der Waals surface area contributed by atoms with Crippen LogP contribution in [-0.4, -0.2) is 22.5 Å². The number of hydrogen-bond donors (Lipinski definition) is 1. The van der Waals surface area contributed by atoms with E-state index in [0.29, 0.717) is 23.0 Å². The van der Waals surface area contributed by atoms with Crippen LogP contribution in [0.5, 0.6) is 5.75 Å². The molecule has 3 rings (SSSR count). The van der Waals surface area contributed by atoms with Gasteiger partial charge in [0.2, 0.25) is 5.95 Å². The number of ether oxygens (including phenoxy) is 1. The summed E-state index contributed by atoms with van der Waals surface area (Å²) >= 11 is 5.84. The largest absolute Gasteiger partial charge is 0.493 e. The lowest BCUT2D eigenvalue weighted by Crippen LogP contribution is -2.14. The first-order valence-corrected chi connectivity index (χ1v) is 6.58. The first-order chi connectivity index (χ1) is 9.61. The average Bonchev–Trinajstić information content (AvgIpc) is 2.84.